The topological polar surface area (TPSA) is 46.2 Å². The highest BCUT2D eigenvalue weighted by Gasteiger charge is 2.26. The van der Waals surface area contributed by atoms with Crippen molar-refractivity contribution in [2.24, 2.45) is 11.7 Å². The van der Waals surface area contributed by atoms with Crippen LogP contribution in [0.4, 0.5) is 4.39 Å². The zero-order chi connectivity index (χ0) is 11.7. The molecule has 0 saturated heterocycles. The second-order valence-electron chi connectivity index (χ2n) is 4.75. The molecule has 1 fully saturated rings. The van der Waals surface area contributed by atoms with Crippen molar-refractivity contribution in [1.29, 1.82) is 0 Å². The molecule has 1 saturated carbocycles. The van der Waals surface area contributed by atoms with E-state index < -0.39 is 5.82 Å². The number of phenols is 1. The van der Waals surface area contributed by atoms with Gasteiger partial charge in [0.2, 0.25) is 0 Å². The molecule has 96 valence electrons. The SMILES string of the molecule is Cc1cc(F)c(O)c([C@@H](N)C2CCCC2)c1.Cl. The fourth-order valence-electron chi connectivity index (χ4n) is 2.59. The number of aryl methyl sites for hydroxylation is 1. The quantitative estimate of drug-likeness (QED) is 0.855. The minimum absolute atomic E-state index is 0. The fraction of sp³-hybridized carbons (Fsp3) is 0.538. The monoisotopic (exact) mass is 259 g/mol. The summed E-state index contributed by atoms with van der Waals surface area (Å²) in [6.45, 7) is 1.81. The van der Waals surface area contributed by atoms with Crippen LogP contribution in [0.3, 0.4) is 0 Å². The second-order valence-corrected chi connectivity index (χ2v) is 4.75. The number of hydrogen-bond donors (Lipinski definition) is 2. The average molecular weight is 260 g/mol. The normalized spacial score (nSPS) is 17.8. The van der Waals surface area contributed by atoms with E-state index in [-0.39, 0.29) is 24.2 Å². The molecule has 1 aromatic carbocycles. The molecule has 0 aromatic heterocycles. The summed E-state index contributed by atoms with van der Waals surface area (Å²) in [5, 5.41) is 9.70. The van der Waals surface area contributed by atoms with E-state index in [1.54, 1.807) is 6.07 Å². The third-order valence-electron chi connectivity index (χ3n) is 3.50. The van der Waals surface area contributed by atoms with Crippen LogP contribution in [-0.4, -0.2) is 5.11 Å². The van der Waals surface area contributed by atoms with Gasteiger partial charge in [-0.3, -0.25) is 0 Å². The summed E-state index contributed by atoms with van der Waals surface area (Å²) in [7, 11) is 0. The number of rotatable bonds is 2. The number of hydrogen-bond acceptors (Lipinski definition) is 2. The van der Waals surface area contributed by atoms with Crippen molar-refractivity contribution in [2.45, 2.75) is 38.6 Å². The molecule has 0 amide bonds. The lowest BCUT2D eigenvalue weighted by atomic mass is 9.91. The highest BCUT2D eigenvalue weighted by molar-refractivity contribution is 5.85. The molecule has 0 radical (unpaired) electrons. The zero-order valence-corrected chi connectivity index (χ0v) is 10.8. The van der Waals surface area contributed by atoms with Crippen LogP contribution in [0.2, 0.25) is 0 Å². The Bertz CT molecular complexity index is 391. The van der Waals surface area contributed by atoms with Crippen LogP contribution in [0.5, 0.6) is 5.75 Å². The van der Waals surface area contributed by atoms with Crippen LogP contribution in [0.1, 0.15) is 42.9 Å². The number of aromatic hydroxyl groups is 1. The molecule has 1 atom stereocenters. The zero-order valence-electron chi connectivity index (χ0n) is 9.95. The van der Waals surface area contributed by atoms with Crippen LogP contribution in [0.15, 0.2) is 12.1 Å². The van der Waals surface area contributed by atoms with Crippen LogP contribution in [0, 0.1) is 18.7 Å². The van der Waals surface area contributed by atoms with Gasteiger partial charge >= 0.3 is 0 Å². The summed E-state index contributed by atoms with van der Waals surface area (Å²) < 4.78 is 13.4. The molecule has 3 N–H and O–H groups in total. The first-order valence-corrected chi connectivity index (χ1v) is 5.84. The average Bonchev–Trinajstić information content (AvgIpc) is 2.75. The lowest BCUT2D eigenvalue weighted by Gasteiger charge is -2.20. The molecule has 1 aliphatic carbocycles. The number of halogens is 2. The molecular formula is C13H19ClFNO. The second kappa shape index (κ2) is 5.69. The molecule has 1 aromatic rings. The summed E-state index contributed by atoms with van der Waals surface area (Å²) in [5.74, 6) is -0.458. The number of nitrogens with two attached hydrogens (primary N) is 1. The van der Waals surface area contributed by atoms with Crippen molar-refractivity contribution < 1.29 is 9.50 Å². The van der Waals surface area contributed by atoms with E-state index in [2.05, 4.69) is 0 Å². The Hall–Kier alpha value is -0.800. The van der Waals surface area contributed by atoms with E-state index in [4.69, 9.17) is 5.73 Å². The fourth-order valence-corrected chi connectivity index (χ4v) is 2.59. The Balaban J connectivity index is 0.00000144. The highest BCUT2D eigenvalue weighted by Crippen LogP contribution is 2.38. The van der Waals surface area contributed by atoms with Crippen molar-refractivity contribution in [1.82, 2.24) is 0 Å². The molecule has 2 rings (SSSR count). The van der Waals surface area contributed by atoms with Crippen molar-refractivity contribution in [2.75, 3.05) is 0 Å². The van der Waals surface area contributed by atoms with Gasteiger partial charge < -0.3 is 10.8 Å². The van der Waals surface area contributed by atoms with Crippen LogP contribution in [-0.2, 0) is 0 Å². The largest absolute Gasteiger partial charge is 0.505 e. The first-order chi connectivity index (χ1) is 7.59. The third kappa shape index (κ3) is 2.90. The van der Waals surface area contributed by atoms with Crippen molar-refractivity contribution in [3.05, 3.63) is 29.1 Å². The Morgan fingerprint density at radius 2 is 1.94 bits per heavy atom. The molecule has 0 aliphatic heterocycles. The van der Waals surface area contributed by atoms with E-state index in [9.17, 15) is 9.50 Å². The smallest absolute Gasteiger partial charge is 0.165 e. The Labute approximate surface area is 107 Å². The predicted octanol–water partition coefficient (Wildman–Crippen LogP) is 3.45. The van der Waals surface area contributed by atoms with Gasteiger partial charge in [-0.1, -0.05) is 18.9 Å². The molecule has 0 bridgehead atoms. The molecular weight excluding hydrogens is 241 g/mol. The van der Waals surface area contributed by atoms with E-state index >= 15 is 0 Å². The van der Waals surface area contributed by atoms with E-state index in [1.807, 2.05) is 6.92 Å². The van der Waals surface area contributed by atoms with Gasteiger partial charge in [0.25, 0.3) is 0 Å². The summed E-state index contributed by atoms with van der Waals surface area (Å²) in [4.78, 5) is 0. The highest BCUT2D eigenvalue weighted by atomic mass is 35.5. The van der Waals surface area contributed by atoms with E-state index in [1.165, 1.54) is 18.9 Å². The minimum Gasteiger partial charge on any atom is -0.505 e. The first-order valence-electron chi connectivity index (χ1n) is 5.84. The molecule has 1 aliphatic rings. The van der Waals surface area contributed by atoms with Gasteiger partial charge in [-0.2, -0.15) is 0 Å². The van der Waals surface area contributed by atoms with E-state index in [0.717, 1.165) is 18.4 Å². The Morgan fingerprint density at radius 1 is 1.35 bits per heavy atom. The van der Waals surface area contributed by atoms with E-state index in [0.29, 0.717) is 11.5 Å². The molecule has 0 unspecified atom stereocenters. The summed E-state index contributed by atoms with van der Waals surface area (Å²) >= 11 is 0. The van der Waals surface area contributed by atoms with Crippen LogP contribution < -0.4 is 5.73 Å². The number of benzene rings is 1. The third-order valence-corrected chi connectivity index (χ3v) is 3.50. The Kier molecular flexibility index (Phi) is 4.78. The van der Waals surface area contributed by atoms with Gasteiger partial charge in [0.15, 0.2) is 11.6 Å². The number of phenolic OH excluding ortho intramolecular Hbond substituents is 1. The van der Waals surface area contributed by atoms with Gasteiger partial charge in [-0.05, 0) is 37.3 Å². The summed E-state index contributed by atoms with van der Waals surface area (Å²) in [5.41, 5.74) is 7.48. The van der Waals surface area contributed by atoms with Crippen LogP contribution in [0.25, 0.3) is 0 Å². The minimum atomic E-state index is -0.566. The van der Waals surface area contributed by atoms with Crippen molar-refractivity contribution in [3.8, 4) is 5.75 Å². The maximum atomic E-state index is 13.4. The molecule has 0 heterocycles. The van der Waals surface area contributed by atoms with Crippen molar-refractivity contribution >= 4 is 12.4 Å². The standard InChI is InChI=1S/C13H18FNO.ClH/c1-8-6-10(13(16)11(14)7-8)12(15)9-4-2-3-5-9;/h6-7,9,12,16H,2-5,15H2,1H3;1H/t12-;/m0./s1. The molecule has 2 nitrogen and oxygen atoms in total. The lowest BCUT2D eigenvalue weighted by Crippen LogP contribution is -2.19. The molecule has 17 heavy (non-hydrogen) atoms. The van der Waals surface area contributed by atoms with Gasteiger partial charge in [-0.25, -0.2) is 4.39 Å². The summed E-state index contributed by atoms with van der Waals surface area (Å²) in [6, 6.07) is 2.89. The van der Waals surface area contributed by atoms with Gasteiger partial charge in [0, 0.05) is 11.6 Å². The first kappa shape index (κ1) is 14.3. The maximum absolute atomic E-state index is 13.4. The molecule has 4 heteroatoms. The van der Waals surface area contributed by atoms with Gasteiger partial charge in [0.1, 0.15) is 0 Å². The molecule has 0 spiro atoms. The van der Waals surface area contributed by atoms with Crippen LogP contribution >= 0.6 is 12.4 Å². The van der Waals surface area contributed by atoms with Gasteiger partial charge in [0.05, 0.1) is 0 Å². The lowest BCUT2D eigenvalue weighted by molar-refractivity contribution is 0.391. The van der Waals surface area contributed by atoms with Gasteiger partial charge in [-0.15, -0.1) is 12.4 Å². The predicted molar refractivity (Wildman–Crippen MR) is 68.9 cm³/mol. The summed E-state index contributed by atoms with van der Waals surface area (Å²) in [6.07, 6.45) is 4.53. The maximum Gasteiger partial charge on any atom is 0.165 e. The van der Waals surface area contributed by atoms with Crippen molar-refractivity contribution in [3.63, 3.8) is 0 Å². The Morgan fingerprint density at radius 3 is 2.53 bits per heavy atom.